The third-order valence-electron chi connectivity index (χ3n) is 3.44. The SMILES string of the molecule is CC(N)c1ccc(Br)cc1N(C)C(C)C(C)C. The van der Waals surface area contributed by atoms with E-state index in [1.54, 1.807) is 0 Å². The van der Waals surface area contributed by atoms with Crippen molar-refractivity contribution in [3.63, 3.8) is 0 Å². The minimum absolute atomic E-state index is 0.0555. The molecule has 3 heteroatoms. The van der Waals surface area contributed by atoms with Gasteiger partial charge in [-0.25, -0.2) is 0 Å². The normalized spacial score (nSPS) is 14.8. The van der Waals surface area contributed by atoms with Gasteiger partial charge in [-0.15, -0.1) is 0 Å². The number of nitrogens with two attached hydrogens (primary N) is 1. The predicted molar refractivity (Wildman–Crippen MR) is 79.4 cm³/mol. The second-order valence-corrected chi connectivity index (χ2v) is 6.00. The van der Waals surface area contributed by atoms with Gasteiger partial charge in [-0.3, -0.25) is 0 Å². The van der Waals surface area contributed by atoms with Gasteiger partial charge in [0.05, 0.1) is 0 Å². The molecule has 0 fully saturated rings. The molecule has 1 rings (SSSR count). The molecule has 0 aliphatic rings. The highest BCUT2D eigenvalue weighted by Gasteiger charge is 2.18. The van der Waals surface area contributed by atoms with Gasteiger partial charge in [0.1, 0.15) is 0 Å². The van der Waals surface area contributed by atoms with E-state index < -0.39 is 0 Å². The Balaban J connectivity index is 3.14. The van der Waals surface area contributed by atoms with E-state index in [-0.39, 0.29) is 6.04 Å². The van der Waals surface area contributed by atoms with Crippen LogP contribution in [0.25, 0.3) is 0 Å². The molecular weight excluding hydrogens is 276 g/mol. The van der Waals surface area contributed by atoms with Gasteiger partial charge in [0.15, 0.2) is 0 Å². The fourth-order valence-corrected chi connectivity index (χ4v) is 2.22. The lowest BCUT2D eigenvalue weighted by atomic mass is 10.0. The number of hydrogen-bond acceptors (Lipinski definition) is 2. The Morgan fingerprint density at radius 3 is 2.24 bits per heavy atom. The van der Waals surface area contributed by atoms with Gasteiger partial charge in [-0.1, -0.05) is 35.8 Å². The fraction of sp³-hybridized carbons (Fsp3) is 0.571. The average molecular weight is 299 g/mol. The lowest BCUT2D eigenvalue weighted by molar-refractivity contribution is 0.504. The Morgan fingerprint density at radius 1 is 1.18 bits per heavy atom. The van der Waals surface area contributed by atoms with Crippen LogP contribution in [0.4, 0.5) is 5.69 Å². The summed E-state index contributed by atoms with van der Waals surface area (Å²) in [6.07, 6.45) is 0. The summed E-state index contributed by atoms with van der Waals surface area (Å²) in [5.74, 6) is 0.611. The molecule has 2 nitrogen and oxygen atoms in total. The molecule has 17 heavy (non-hydrogen) atoms. The number of anilines is 1. The van der Waals surface area contributed by atoms with E-state index in [2.05, 4.69) is 66.8 Å². The van der Waals surface area contributed by atoms with Crippen LogP contribution in [-0.4, -0.2) is 13.1 Å². The Bertz CT molecular complexity index is 374. The van der Waals surface area contributed by atoms with Crippen molar-refractivity contribution >= 4 is 21.6 Å². The number of hydrogen-bond donors (Lipinski definition) is 1. The van der Waals surface area contributed by atoms with Crippen LogP contribution in [0.2, 0.25) is 0 Å². The van der Waals surface area contributed by atoms with Crippen molar-refractivity contribution in [2.24, 2.45) is 11.7 Å². The van der Waals surface area contributed by atoms with Crippen LogP contribution in [0.3, 0.4) is 0 Å². The molecule has 0 aliphatic heterocycles. The molecular formula is C14H23BrN2. The first-order chi connectivity index (χ1) is 7.84. The van der Waals surface area contributed by atoms with Crippen LogP contribution in [0.5, 0.6) is 0 Å². The molecule has 0 saturated carbocycles. The third-order valence-corrected chi connectivity index (χ3v) is 3.93. The number of rotatable bonds is 4. The summed E-state index contributed by atoms with van der Waals surface area (Å²) >= 11 is 3.53. The van der Waals surface area contributed by atoms with Crippen LogP contribution in [0.1, 0.15) is 39.3 Å². The quantitative estimate of drug-likeness (QED) is 0.912. The van der Waals surface area contributed by atoms with Gasteiger partial charge in [0, 0.05) is 29.3 Å². The molecule has 0 spiro atoms. The molecule has 0 aliphatic carbocycles. The van der Waals surface area contributed by atoms with Gasteiger partial charge in [0.25, 0.3) is 0 Å². The zero-order chi connectivity index (χ0) is 13.2. The molecule has 0 saturated heterocycles. The molecule has 0 aromatic heterocycles. The highest BCUT2D eigenvalue weighted by Crippen LogP contribution is 2.30. The Morgan fingerprint density at radius 2 is 1.76 bits per heavy atom. The van der Waals surface area contributed by atoms with Crippen molar-refractivity contribution in [1.82, 2.24) is 0 Å². The van der Waals surface area contributed by atoms with Crippen LogP contribution in [-0.2, 0) is 0 Å². The van der Waals surface area contributed by atoms with E-state index in [1.165, 1.54) is 11.3 Å². The van der Waals surface area contributed by atoms with E-state index >= 15 is 0 Å². The highest BCUT2D eigenvalue weighted by atomic mass is 79.9. The predicted octanol–water partition coefficient (Wildman–Crippen LogP) is 3.95. The van der Waals surface area contributed by atoms with Crippen LogP contribution in [0.15, 0.2) is 22.7 Å². The largest absolute Gasteiger partial charge is 0.371 e. The van der Waals surface area contributed by atoms with Gasteiger partial charge in [-0.05, 0) is 37.5 Å². The monoisotopic (exact) mass is 298 g/mol. The number of halogens is 1. The van der Waals surface area contributed by atoms with Crippen molar-refractivity contribution in [2.75, 3.05) is 11.9 Å². The van der Waals surface area contributed by atoms with Gasteiger partial charge >= 0.3 is 0 Å². The second-order valence-electron chi connectivity index (χ2n) is 5.09. The van der Waals surface area contributed by atoms with E-state index in [0.29, 0.717) is 12.0 Å². The van der Waals surface area contributed by atoms with Gasteiger partial charge in [-0.2, -0.15) is 0 Å². The lowest BCUT2D eigenvalue weighted by Gasteiger charge is -2.32. The van der Waals surface area contributed by atoms with Crippen LogP contribution in [0, 0.1) is 5.92 Å². The van der Waals surface area contributed by atoms with Crippen LogP contribution < -0.4 is 10.6 Å². The standard InChI is InChI=1S/C14H23BrN2/c1-9(2)11(4)17(5)14-8-12(15)6-7-13(14)10(3)16/h6-11H,16H2,1-5H3. The van der Waals surface area contributed by atoms with Crippen molar-refractivity contribution in [1.29, 1.82) is 0 Å². The van der Waals surface area contributed by atoms with Crippen molar-refractivity contribution in [2.45, 2.75) is 39.8 Å². The molecule has 2 N–H and O–H groups in total. The first kappa shape index (κ1) is 14.5. The summed E-state index contributed by atoms with van der Waals surface area (Å²) in [6, 6.07) is 6.85. The summed E-state index contributed by atoms with van der Waals surface area (Å²) in [5, 5.41) is 0. The molecule has 2 unspecified atom stereocenters. The molecule has 96 valence electrons. The summed E-state index contributed by atoms with van der Waals surface area (Å²) < 4.78 is 1.10. The van der Waals surface area contributed by atoms with E-state index in [9.17, 15) is 0 Å². The first-order valence-electron chi connectivity index (χ1n) is 6.12. The summed E-state index contributed by atoms with van der Waals surface area (Å²) in [7, 11) is 2.14. The Hall–Kier alpha value is -0.540. The molecule has 0 radical (unpaired) electrons. The molecule has 1 aromatic carbocycles. The summed E-state index contributed by atoms with van der Waals surface area (Å²) in [4.78, 5) is 2.31. The maximum atomic E-state index is 6.04. The number of benzene rings is 1. The van der Waals surface area contributed by atoms with E-state index in [0.717, 1.165) is 4.47 Å². The highest BCUT2D eigenvalue weighted by molar-refractivity contribution is 9.10. The molecule has 0 bridgehead atoms. The zero-order valence-electron chi connectivity index (χ0n) is 11.4. The molecule has 0 heterocycles. The minimum Gasteiger partial charge on any atom is -0.371 e. The Kier molecular flexibility index (Phi) is 5.02. The fourth-order valence-electron chi connectivity index (χ4n) is 1.87. The van der Waals surface area contributed by atoms with E-state index in [1.807, 2.05) is 6.92 Å². The first-order valence-corrected chi connectivity index (χ1v) is 6.91. The second kappa shape index (κ2) is 5.87. The van der Waals surface area contributed by atoms with Gasteiger partial charge in [0.2, 0.25) is 0 Å². The molecule has 0 amide bonds. The summed E-state index contributed by atoms with van der Waals surface area (Å²) in [5.41, 5.74) is 8.45. The van der Waals surface area contributed by atoms with Crippen molar-refractivity contribution in [3.05, 3.63) is 28.2 Å². The maximum Gasteiger partial charge on any atom is 0.0425 e. The average Bonchev–Trinajstić information content (AvgIpc) is 2.26. The Labute approximate surface area is 113 Å². The van der Waals surface area contributed by atoms with Gasteiger partial charge < -0.3 is 10.6 Å². The smallest absolute Gasteiger partial charge is 0.0425 e. The zero-order valence-corrected chi connectivity index (χ0v) is 13.0. The third kappa shape index (κ3) is 3.46. The minimum atomic E-state index is 0.0555. The van der Waals surface area contributed by atoms with Crippen molar-refractivity contribution < 1.29 is 0 Å². The maximum absolute atomic E-state index is 6.04. The van der Waals surface area contributed by atoms with E-state index in [4.69, 9.17) is 5.73 Å². The lowest BCUT2D eigenvalue weighted by Crippen LogP contribution is -2.34. The number of nitrogens with zero attached hydrogens (tertiary/aromatic N) is 1. The molecule has 2 atom stereocenters. The molecule has 1 aromatic rings. The van der Waals surface area contributed by atoms with Crippen molar-refractivity contribution in [3.8, 4) is 0 Å². The summed E-state index contributed by atoms with van der Waals surface area (Å²) in [6.45, 7) is 8.76. The topological polar surface area (TPSA) is 29.3 Å². The van der Waals surface area contributed by atoms with Crippen LogP contribution >= 0.6 is 15.9 Å².